The maximum absolute atomic E-state index is 11.6. The number of carbonyl (C=O) groups is 1. The van der Waals surface area contributed by atoms with Crippen LogP contribution in [0.4, 0.5) is 0 Å². The van der Waals surface area contributed by atoms with E-state index in [1.807, 2.05) is 0 Å². The summed E-state index contributed by atoms with van der Waals surface area (Å²) in [5.74, 6) is 0.973. The van der Waals surface area contributed by atoms with Gasteiger partial charge in [0.2, 0.25) is 5.91 Å². The first-order chi connectivity index (χ1) is 7.76. The lowest BCUT2D eigenvalue weighted by atomic mass is 9.86. The van der Waals surface area contributed by atoms with Crippen LogP contribution in [-0.4, -0.2) is 18.5 Å². The van der Waals surface area contributed by atoms with Gasteiger partial charge in [0.05, 0.1) is 0 Å². The molecule has 16 heavy (non-hydrogen) atoms. The van der Waals surface area contributed by atoms with Gasteiger partial charge >= 0.3 is 0 Å². The second kappa shape index (κ2) is 7.66. The van der Waals surface area contributed by atoms with Crippen LogP contribution in [0.5, 0.6) is 0 Å². The van der Waals surface area contributed by atoms with Gasteiger partial charge in [-0.05, 0) is 18.8 Å². The van der Waals surface area contributed by atoms with Crippen molar-refractivity contribution in [2.24, 2.45) is 11.7 Å². The normalized spacial score (nSPS) is 19.4. The molecule has 94 valence electrons. The predicted octanol–water partition coefficient (Wildman–Crippen LogP) is 2.20. The highest BCUT2D eigenvalue weighted by atomic mass is 16.1. The number of amides is 1. The molecule has 1 amide bonds. The molecule has 0 saturated heterocycles. The first-order valence-corrected chi connectivity index (χ1v) is 6.75. The molecule has 0 aromatic rings. The molecule has 1 unspecified atom stereocenters. The monoisotopic (exact) mass is 226 g/mol. The lowest BCUT2D eigenvalue weighted by Gasteiger charge is -2.21. The van der Waals surface area contributed by atoms with Crippen LogP contribution in [0.2, 0.25) is 0 Å². The molecule has 1 saturated carbocycles. The Labute approximate surface area is 99.2 Å². The molecule has 0 heterocycles. The van der Waals surface area contributed by atoms with Crippen molar-refractivity contribution in [2.75, 3.05) is 6.54 Å². The van der Waals surface area contributed by atoms with Crippen molar-refractivity contribution < 1.29 is 4.79 Å². The minimum Gasteiger partial charge on any atom is -0.352 e. The average Bonchev–Trinajstić information content (AvgIpc) is 2.34. The van der Waals surface area contributed by atoms with Gasteiger partial charge < -0.3 is 11.1 Å². The predicted molar refractivity (Wildman–Crippen MR) is 67.1 cm³/mol. The molecule has 1 aliphatic carbocycles. The van der Waals surface area contributed by atoms with E-state index in [1.165, 1.54) is 32.1 Å². The van der Waals surface area contributed by atoms with E-state index in [1.54, 1.807) is 0 Å². The lowest BCUT2D eigenvalue weighted by molar-refractivity contribution is -0.122. The minimum atomic E-state index is 0.166. The summed E-state index contributed by atoms with van der Waals surface area (Å²) < 4.78 is 0. The molecule has 1 aliphatic rings. The third-order valence-electron chi connectivity index (χ3n) is 3.65. The van der Waals surface area contributed by atoms with Crippen molar-refractivity contribution in [3.63, 3.8) is 0 Å². The highest BCUT2D eigenvalue weighted by Crippen LogP contribution is 2.27. The van der Waals surface area contributed by atoms with E-state index >= 15 is 0 Å². The largest absolute Gasteiger partial charge is 0.352 e. The van der Waals surface area contributed by atoms with Gasteiger partial charge in [0.25, 0.3) is 0 Å². The summed E-state index contributed by atoms with van der Waals surface area (Å²) in [7, 11) is 0. The highest BCUT2D eigenvalue weighted by molar-refractivity contribution is 5.76. The fourth-order valence-corrected chi connectivity index (χ4v) is 2.44. The Kier molecular flexibility index (Phi) is 6.46. The van der Waals surface area contributed by atoms with Gasteiger partial charge in [-0.1, -0.05) is 39.0 Å². The SMILES string of the molecule is CCC(CN)NC(=O)CCC1CCCCC1. The molecule has 0 spiro atoms. The second-order valence-corrected chi connectivity index (χ2v) is 4.95. The minimum absolute atomic E-state index is 0.166. The number of nitrogens with two attached hydrogens (primary N) is 1. The van der Waals surface area contributed by atoms with E-state index in [-0.39, 0.29) is 11.9 Å². The topological polar surface area (TPSA) is 55.1 Å². The van der Waals surface area contributed by atoms with Crippen molar-refractivity contribution in [3.8, 4) is 0 Å². The molecule has 1 rings (SSSR count). The van der Waals surface area contributed by atoms with Crippen molar-refractivity contribution in [3.05, 3.63) is 0 Å². The number of hydrogen-bond acceptors (Lipinski definition) is 2. The van der Waals surface area contributed by atoms with Crippen molar-refractivity contribution >= 4 is 5.91 Å². The van der Waals surface area contributed by atoms with E-state index in [4.69, 9.17) is 5.73 Å². The van der Waals surface area contributed by atoms with Crippen LogP contribution in [-0.2, 0) is 4.79 Å². The van der Waals surface area contributed by atoms with Gasteiger partial charge in [-0.3, -0.25) is 4.79 Å². The Morgan fingerprint density at radius 3 is 2.62 bits per heavy atom. The van der Waals surface area contributed by atoms with Crippen molar-refractivity contribution in [1.29, 1.82) is 0 Å². The van der Waals surface area contributed by atoms with E-state index in [9.17, 15) is 4.79 Å². The van der Waals surface area contributed by atoms with Crippen LogP contribution in [0.25, 0.3) is 0 Å². The zero-order valence-electron chi connectivity index (χ0n) is 10.5. The van der Waals surface area contributed by atoms with Gasteiger partial charge in [0, 0.05) is 19.0 Å². The van der Waals surface area contributed by atoms with Crippen LogP contribution in [0, 0.1) is 5.92 Å². The summed E-state index contributed by atoms with van der Waals surface area (Å²) in [4.78, 5) is 11.6. The Morgan fingerprint density at radius 1 is 1.38 bits per heavy atom. The lowest BCUT2D eigenvalue weighted by Crippen LogP contribution is -2.39. The molecular formula is C13H26N2O. The molecule has 3 heteroatoms. The van der Waals surface area contributed by atoms with Gasteiger partial charge in [-0.25, -0.2) is 0 Å². The molecule has 1 fully saturated rings. The van der Waals surface area contributed by atoms with Crippen molar-refractivity contribution in [1.82, 2.24) is 5.32 Å². The number of carbonyl (C=O) groups excluding carboxylic acids is 1. The summed E-state index contributed by atoms with van der Waals surface area (Å²) in [6.45, 7) is 2.60. The van der Waals surface area contributed by atoms with E-state index in [2.05, 4.69) is 12.2 Å². The molecule has 0 aromatic heterocycles. The molecule has 1 atom stereocenters. The number of hydrogen-bond donors (Lipinski definition) is 2. The van der Waals surface area contributed by atoms with Crippen molar-refractivity contribution in [2.45, 2.75) is 64.3 Å². The van der Waals surface area contributed by atoms with E-state index < -0.39 is 0 Å². The summed E-state index contributed by atoms with van der Waals surface area (Å²) in [6, 6.07) is 0.166. The maximum atomic E-state index is 11.6. The maximum Gasteiger partial charge on any atom is 0.220 e. The second-order valence-electron chi connectivity index (χ2n) is 4.95. The van der Waals surface area contributed by atoms with Crippen LogP contribution < -0.4 is 11.1 Å². The quantitative estimate of drug-likeness (QED) is 0.729. The zero-order valence-corrected chi connectivity index (χ0v) is 10.5. The first kappa shape index (κ1) is 13.5. The molecule has 0 radical (unpaired) electrons. The van der Waals surface area contributed by atoms with Gasteiger partial charge in [-0.15, -0.1) is 0 Å². The smallest absolute Gasteiger partial charge is 0.220 e. The molecule has 3 nitrogen and oxygen atoms in total. The Bertz CT molecular complexity index is 196. The molecule has 3 N–H and O–H groups in total. The van der Waals surface area contributed by atoms with E-state index in [0.717, 1.165) is 18.8 Å². The fourth-order valence-electron chi connectivity index (χ4n) is 2.44. The summed E-state index contributed by atoms with van der Waals surface area (Å²) in [5.41, 5.74) is 5.56. The van der Waals surface area contributed by atoms with Crippen LogP contribution >= 0.6 is 0 Å². The van der Waals surface area contributed by atoms with Crippen LogP contribution in [0.1, 0.15) is 58.3 Å². The molecule has 0 bridgehead atoms. The Morgan fingerprint density at radius 2 is 2.06 bits per heavy atom. The fraction of sp³-hybridized carbons (Fsp3) is 0.923. The standard InChI is InChI=1S/C13H26N2O/c1-2-12(10-14)15-13(16)9-8-11-6-4-3-5-7-11/h11-12H,2-10,14H2,1H3,(H,15,16). The Balaban J connectivity index is 2.13. The highest BCUT2D eigenvalue weighted by Gasteiger charge is 2.15. The van der Waals surface area contributed by atoms with Gasteiger partial charge in [-0.2, -0.15) is 0 Å². The van der Waals surface area contributed by atoms with Crippen LogP contribution in [0.15, 0.2) is 0 Å². The summed E-state index contributed by atoms with van der Waals surface area (Å²) in [5, 5.41) is 2.99. The molecular weight excluding hydrogens is 200 g/mol. The third-order valence-corrected chi connectivity index (χ3v) is 3.65. The summed E-state index contributed by atoms with van der Waals surface area (Å²) >= 11 is 0. The summed E-state index contributed by atoms with van der Waals surface area (Å²) in [6.07, 6.45) is 9.40. The van der Waals surface area contributed by atoms with Gasteiger partial charge in [0.15, 0.2) is 0 Å². The zero-order chi connectivity index (χ0) is 11.8. The average molecular weight is 226 g/mol. The molecule has 0 aromatic carbocycles. The first-order valence-electron chi connectivity index (χ1n) is 6.75. The van der Waals surface area contributed by atoms with E-state index in [0.29, 0.717) is 13.0 Å². The third kappa shape index (κ3) is 4.97. The van der Waals surface area contributed by atoms with Gasteiger partial charge in [0.1, 0.15) is 0 Å². The number of rotatable bonds is 6. The Hall–Kier alpha value is -0.570. The molecule has 0 aliphatic heterocycles. The number of nitrogens with one attached hydrogen (secondary N) is 1. The van der Waals surface area contributed by atoms with Crippen LogP contribution in [0.3, 0.4) is 0 Å².